The first-order valence-corrected chi connectivity index (χ1v) is 7.41. The number of hydrogen-bond acceptors (Lipinski definition) is 6. The molecular formula is C13H21ClN4O2. The third-order valence-corrected chi connectivity index (χ3v) is 3.46. The maximum absolute atomic E-state index is 9.48. The Balaban J connectivity index is 1.90. The van der Waals surface area contributed by atoms with Crippen LogP contribution in [-0.4, -0.2) is 38.8 Å². The molecule has 1 saturated carbocycles. The van der Waals surface area contributed by atoms with Gasteiger partial charge in [0.15, 0.2) is 0 Å². The fourth-order valence-electron chi connectivity index (χ4n) is 2.26. The van der Waals surface area contributed by atoms with Gasteiger partial charge in [-0.15, -0.1) is 0 Å². The van der Waals surface area contributed by atoms with Crippen LogP contribution in [0.25, 0.3) is 0 Å². The van der Waals surface area contributed by atoms with E-state index in [4.69, 9.17) is 16.3 Å². The third kappa shape index (κ3) is 4.76. The Labute approximate surface area is 123 Å². The molecule has 0 aliphatic heterocycles. The molecule has 1 aliphatic carbocycles. The minimum Gasteiger partial charge on any atom is -0.461 e. The summed E-state index contributed by atoms with van der Waals surface area (Å²) >= 11 is 5.86. The van der Waals surface area contributed by atoms with Gasteiger partial charge in [-0.2, -0.15) is 15.0 Å². The number of halogens is 1. The first-order valence-electron chi connectivity index (χ1n) is 7.03. The van der Waals surface area contributed by atoms with E-state index < -0.39 is 0 Å². The molecule has 0 amide bonds. The molecule has 0 saturated heterocycles. The Hall–Kier alpha value is -1.14. The van der Waals surface area contributed by atoms with E-state index in [-0.39, 0.29) is 23.5 Å². The lowest BCUT2D eigenvalue weighted by atomic mass is 9.87. The Morgan fingerprint density at radius 1 is 1.25 bits per heavy atom. The molecule has 1 aromatic rings. The zero-order chi connectivity index (χ0) is 14.5. The van der Waals surface area contributed by atoms with Crippen molar-refractivity contribution in [2.75, 3.05) is 11.9 Å². The van der Waals surface area contributed by atoms with Crippen molar-refractivity contribution in [3.05, 3.63) is 5.28 Å². The van der Waals surface area contributed by atoms with Crippen molar-refractivity contribution in [1.82, 2.24) is 15.0 Å². The summed E-state index contributed by atoms with van der Waals surface area (Å²) in [6, 6.07) is 0.238. The molecule has 1 aliphatic rings. The molecule has 1 heterocycles. The van der Waals surface area contributed by atoms with Gasteiger partial charge in [-0.1, -0.05) is 0 Å². The highest BCUT2D eigenvalue weighted by molar-refractivity contribution is 6.28. The van der Waals surface area contributed by atoms with Gasteiger partial charge in [0.05, 0.1) is 12.2 Å². The van der Waals surface area contributed by atoms with Gasteiger partial charge in [0.25, 0.3) is 0 Å². The lowest BCUT2D eigenvalue weighted by Crippen LogP contribution is -2.24. The van der Waals surface area contributed by atoms with E-state index in [0.717, 1.165) is 32.2 Å². The number of aromatic nitrogens is 3. The molecule has 0 aromatic carbocycles. The molecule has 0 spiro atoms. The largest absolute Gasteiger partial charge is 0.461 e. The first-order chi connectivity index (χ1) is 9.52. The average molecular weight is 301 g/mol. The smallest absolute Gasteiger partial charge is 0.322 e. The van der Waals surface area contributed by atoms with Gasteiger partial charge in [-0.25, -0.2) is 0 Å². The van der Waals surface area contributed by atoms with Crippen molar-refractivity contribution in [3.8, 4) is 6.01 Å². The van der Waals surface area contributed by atoms with Gasteiger partial charge in [-0.05, 0) is 57.0 Å². The van der Waals surface area contributed by atoms with Crippen LogP contribution in [0.15, 0.2) is 0 Å². The molecule has 20 heavy (non-hydrogen) atoms. The lowest BCUT2D eigenvalue weighted by Gasteiger charge is -2.25. The molecule has 0 bridgehead atoms. The molecule has 0 atom stereocenters. The zero-order valence-electron chi connectivity index (χ0n) is 11.8. The van der Waals surface area contributed by atoms with Gasteiger partial charge < -0.3 is 15.2 Å². The van der Waals surface area contributed by atoms with Gasteiger partial charge >= 0.3 is 6.01 Å². The van der Waals surface area contributed by atoms with Crippen LogP contribution < -0.4 is 10.1 Å². The van der Waals surface area contributed by atoms with E-state index in [2.05, 4.69) is 20.3 Å². The van der Waals surface area contributed by atoms with Crippen molar-refractivity contribution < 1.29 is 9.84 Å². The Kier molecular flexibility index (Phi) is 5.37. The molecule has 1 aromatic heterocycles. The predicted molar refractivity (Wildman–Crippen MR) is 77.1 cm³/mol. The second-order valence-corrected chi connectivity index (χ2v) is 5.77. The number of hydrogen-bond donors (Lipinski definition) is 2. The molecule has 0 radical (unpaired) electrons. The fourth-order valence-corrected chi connectivity index (χ4v) is 2.41. The van der Waals surface area contributed by atoms with Gasteiger partial charge in [0.1, 0.15) is 0 Å². The van der Waals surface area contributed by atoms with Crippen LogP contribution in [0.2, 0.25) is 5.28 Å². The Bertz CT molecular complexity index is 436. The van der Waals surface area contributed by atoms with Crippen LogP contribution in [0.4, 0.5) is 5.95 Å². The Morgan fingerprint density at radius 2 is 1.95 bits per heavy atom. The molecule has 0 unspecified atom stereocenters. The van der Waals surface area contributed by atoms with E-state index in [1.165, 1.54) is 0 Å². The van der Waals surface area contributed by atoms with Gasteiger partial charge in [-0.3, -0.25) is 0 Å². The lowest BCUT2D eigenvalue weighted by molar-refractivity contribution is 0.111. The van der Waals surface area contributed by atoms with Crippen LogP contribution in [0, 0.1) is 5.92 Å². The highest BCUT2D eigenvalue weighted by Crippen LogP contribution is 2.24. The third-order valence-electron chi connectivity index (χ3n) is 3.29. The van der Waals surface area contributed by atoms with Gasteiger partial charge in [0.2, 0.25) is 11.2 Å². The first kappa shape index (κ1) is 15.3. The second-order valence-electron chi connectivity index (χ2n) is 5.43. The van der Waals surface area contributed by atoms with Crippen molar-refractivity contribution in [2.45, 2.75) is 51.7 Å². The standard InChI is InChI=1S/C13H21ClN4O2/c1-8(2)20-13-17-11(14)16-12(18-13)15-7-9-3-5-10(19)6-4-9/h8-10,19H,3-7H2,1-2H3,(H,15,16,17,18). The molecule has 2 N–H and O–H groups in total. The molecule has 2 rings (SSSR count). The summed E-state index contributed by atoms with van der Waals surface area (Å²) < 4.78 is 5.42. The van der Waals surface area contributed by atoms with Gasteiger partial charge in [0, 0.05) is 6.54 Å². The van der Waals surface area contributed by atoms with E-state index >= 15 is 0 Å². The van der Waals surface area contributed by atoms with Crippen molar-refractivity contribution in [3.63, 3.8) is 0 Å². The highest BCUT2D eigenvalue weighted by Gasteiger charge is 2.19. The topological polar surface area (TPSA) is 80.2 Å². The van der Waals surface area contributed by atoms with Crippen LogP contribution in [-0.2, 0) is 0 Å². The number of nitrogens with one attached hydrogen (secondary N) is 1. The number of aliphatic hydroxyl groups excluding tert-OH is 1. The number of rotatable bonds is 5. The maximum Gasteiger partial charge on any atom is 0.322 e. The predicted octanol–water partition coefficient (Wildman–Crippen LogP) is 2.28. The minimum absolute atomic E-state index is 0.0128. The van der Waals surface area contributed by atoms with Crippen molar-refractivity contribution >= 4 is 17.5 Å². The van der Waals surface area contributed by atoms with E-state index in [9.17, 15) is 5.11 Å². The summed E-state index contributed by atoms with van der Waals surface area (Å²) in [6.45, 7) is 4.57. The Morgan fingerprint density at radius 3 is 2.60 bits per heavy atom. The quantitative estimate of drug-likeness (QED) is 0.868. The highest BCUT2D eigenvalue weighted by atomic mass is 35.5. The SMILES string of the molecule is CC(C)Oc1nc(Cl)nc(NCC2CCC(O)CC2)n1. The molecular weight excluding hydrogens is 280 g/mol. The summed E-state index contributed by atoms with van der Waals surface area (Å²) in [5.74, 6) is 0.968. The average Bonchev–Trinajstić information content (AvgIpc) is 2.36. The number of aliphatic hydroxyl groups is 1. The summed E-state index contributed by atoms with van der Waals surface area (Å²) in [4.78, 5) is 12.2. The van der Waals surface area contributed by atoms with Crippen molar-refractivity contribution in [1.29, 1.82) is 0 Å². The molecule has 112 valence electrons. The molecule has 7 heteroatoms. The summed E-state index contributed by atoms with van der Waals surface area (Å²) in [5.41, 5.74) is 0. The maximum atomic E-state index is 9.48. The van der Waals surface area contributed by atoms with Crippen molar-refractivity contribution in [2.24, 2.45) is 5.92 Å². The van der Waals surface area contributed by atoms with E-state index in [1.54, 1.807) is 0 Å². The normalized spacial score (nSPS) is 22.9. The number of nitrogens with zero attached hydrogens (tertiary/aromatic N) is 3. The summed E-state index contributed by atoms with van der Waals surface area (Å²) in [7, 11) is 0. The molecule has 6 nitrogen and oxygen atoms in total. The van der Waals surface area contributed by atoms with Crippen LogP contribution in [0.5, 0.6) is 6.01 Å². The van der Waals surface area contributed by atoms with Crippen LogP contribution >= 0.6 is 11.6 Å². The summed E-state index contributed by atoms with van der Waals surface area (Å²) in [6.07, 6.45) is 3.62. The van der Waals surface area contributed by atoms with E-state index in [0.29, 0.717) is 11.9 Å². The fraction of sp³-hybridized carbons (Fsp3) is 0.769. The monoisotopic (exact) mass is 300 g/mol. The molecule has 1 fully saturated rings. The minimum atomic E-state index is -0.135. The van der Waals surface area contributed by atoms with Crippen LogP contribution in [0.3, 0.4) is 0 Å². The zero-order valence-corrected chi connectivity index (χ0v) is 12.6. The second kappa shape index (κ2) is 7.04. The number of ether oxygens (including phenoxy) is 1. The van der Waals surface area contributed by atoms with Crippen LogP contribution in [0.1, 0.15) is 39.5 Å². The van der Waals surface area contributed by atoms with E-state index in [1.807, 2.05) is 13.8 Å². The summed E-state index contributed by atoms with van der Waals surface area (Å²) in [5, 5.41) is 12.8. The number of anilines is 1.